The molecule has 0 spiro atoms. The van der Waals surface area contributed by atoms with Gasteiger partial charge in [0.1, 0.15) is 5.75 Å². The number of benzene rings is 2. The summed E-state index contributed by atoms with van der Waals surface area (Å²) in [4.78, 5) is 14.5. The summed E-state index contributed by atoms with van der Waals surface area (Å²) < 4.78 is 28.8. The zero-order chi connectivity index (χ0) is 19.4. The average molecular weight is 388 g/mol. The number of amides is 2. The van der Waals surface area contributed by atoms with Crippen LogP contribution in [0.25, 0.3) is 0 Å². The second kappa shape index (κ2) is 8.00. The first-order valence-electron chi connectivity index (χ1n) is 8.92. The predicted molar refractivity (Wildman–Crippen MR) is 106 cm³/mol. The van der Waals surface area contributed by atoms with E-state index in [0.29, 0.717) is 30.9 Å². The first-order chi connectivity index (χ1) is 12.9. The van der Waals surface area contributed by atoms with Crippen LogP contribution in [0.4, 0.5) is 10.5 Å². The van der Waals surface area contributed by atoms with Gasteiger partial charge in [-0.25, -0.2) is 13.2 Å². The molecule has 2 aromatic rings. The third-order valence-electron chi connectivity index (χ3n) is 4.46. The number of fused-ring (bicyclic) bond motifs is 1. The standard InChI is InChI=1S/C20H24N2O4S/c1-3-26-18-9-8-15-10-11-22(13-17(15)12-18)20(23)21-19-7-5-4-6-16(19)14-27(2,24)25/h4-9,12H,3,10-11,13-14H2,1-2H3,(H,21,23). The van der Waals surface area contributed by atoms with Crippen molar-refractivity contribution in [2.45, 2.75) is 25.6 Å². The van der Waals surface area contributed by atoms with Crippen LogP contribution < -0.4 is 10.1 Å². The van der Waals surface area contributed by atoms with Gasteiger partial charge >= 0.3 is 6.03 Å². The Hall–Kier alpha value is -2.54. The van der Waals surface area contributed by atoms with Gasteiger partial charge in [-0.05, 0) is 48.2 Å². The molecule has 3 rings (SSSR count). The molecule has 0 atom stereocenters. The summed E-state index contributed by atoms with van der Waals surface area (Å²) in [6, 6.07) is 12.7. The molecule has 0 saturated heterocycles. The van der Waals surface area contributed by atoms with Gasteiger partial charge < -0.3 is 15.0 Å². The van der Waals surface area contributed by atoms with Crippen LogP contribution in [0.15, 0.2) is 42.5 Å². The molecule has 0 aliphatic carbocycles. The molecule has 1 aliphatic heterocycles. The second-order valence-electron chi connectivity index (χ2n) is 6.69. The van der Waals surface area contributed by atoms with Gasteiger partial charge in [0.15, 0.2) is 9.84 Å². The molecule has 2 aromatic carbocycles. The summed E-state index contributed by atoms with van der Waals surface area (Å²) in [5.74, 6) is 0.696. The van der Waals surface area contributed by atoms with Gasteiger partial charge in [-0.1, -0.05) is 24.3 Å². The van der Waals surface area contributed by atoms with Crippen molar-refractivity contribution in [1.29, 1.82) is 0 Å². The van der Waals surface area contributed by atoms with E-state index in [-0.39, 0.29) is 11.8 Å². The molecule has 0 radical (unpaired) electrons. The number of nitrogens with zero attached hydrogens (tertiary/aromatic N) is 1. The molecular formula is C20H24N2O4S. The number of para-hydroxylation sites is 1. The smallest absolute Gasteiger partial charge is 0.322 e. The van der Waals surface area contributed by atoms with Crippen molar-refractivity contribution in [3.8, 4) is 5.75 Å². The number of nitrogens with one attached hydrogen (secondary N) is 1. The van der Waals surface area contributed by atoms with Crippen molar-refractivity contribution in [3.05, 3.63) is 59.2 Å². The van der Waals surface area contributed by atoms with Gasteiger partial charge in [0, 0.05) is 25.0 Å². The van der Waals surface area contributed by atoms with Gasteiger partial charge in [-0.15, -0.1) is 0 Å². The Morgan fingerprint density at radius 3 is 2.70 bits per heavy atom. The van der Waals surface area contributed by atoms with Crippen molar-refractivity contribution in [3.63, 3.8) is 0 Å². The first kappa shape index (κ1) is 19.2. The van der Waals surface area contributed by atoms with Crippen LogP contribution in [-0.4, -0.2) is 38.8 Å². The fourth-order valence-electron chi connectivity index (χ4n) is 3.21. The zero-order valence-corrected chi connectivity index (χ0v) is 16.4. The summed E-state index contributed by atoms with van der Waals surface area (Å²) in [6.07, 6.45) is 1.96. The van der Waals surface area contributed by atoms with E-state index < -0.39 is 9.84 Å². The molecular weight excluding hydrogens is 364 g/mol. The Labute approximate surface area is 160 Å². The Balaban J connectivity index is 1.74. The van der Waals surface area contributed by atoms with Crippen LogP contribution in [-0.2, 0) is 28.6 Å². The molecule has 2 amide bonds. The third kappa shape index (κ3) is 5.01. The summed E-state index contributed by atoms with van der Waals surface area (Å²) in [6.45, 7) is 3.64. The van der Waals surface area contributed by atoms with Gasteiger partial charge in [-0.3, -0.25) is 0 Å². The van der Waals surface area contributed by atoms with E-state index in [4.69, 9.17) is 4.74 Å². The Kier molecular flexibility index (Phi) is 5.70. The fourth-order valence-corrected chi connectivity index (χ4v) is 4.02. The van der Waals surface area contributed by atoms with Crippen LogP contribution in [0.2, 0.25) is 0 Å². The van der Waals surface area contributed by atoms with Gasteiger partial charge in [0.25, 0.3) is 0 Å². The van der Waals surface area contributed by atoms with Crippen LogP contribution >= 0.6 is 0 Å². The molecule has 0 saturated carbocycles. The number of ether oxygens (including phenoxy) is 1. The second-order valence-corrected chi connectivity index (χ2v) is 8.83. The Bertz CT molecular complexity index is 941. The maximum atomic E-state index is 12.7. The Morgan fingerprint density at radius 2 is 1.96 bits per heavy atom. The van der Waals surface area contributed by atoms with Gasteiger partial charge in [0.2, 0.25) is 0 Å². The number of carbonyl (C=O) groups excluding carboxylic acids is 1. The van der Waals surface area contributed by atoms with Crippen molar-refractivity contribution in [1.82, 2.24) is 4.90 Å². The molecule has 1 N–H and O–H groups in total. The highest BCUT2D eigenvalue weighted by Gasteiger charge is 2.22. The number of carbonyl (C=O) groups is 1. The minimum absolute atomic E-state index is 0.107. The van der Waals surface area contributed by atoms with Crippen molar-refractivity contribution < 1.29 is 17.9 Å². The van der Waals surface area contributed by atoms with Crippen molar-refractivity contribution in [2.24, 2.45) is 0 Å². The maximum Gasteiger partial charge on any atom is 0.322 e. The molecule has 1 aliphatic rings. The summed E-state index contributed by atoms with van der Waals surface area (Å²) in [5.41, 5.74) is 3.41. The third-order valence-corrected chi connectivity index (χ3v) is 5.30. The number of rotatable bonds is 5. The lowest BCUT2D eigenvalue weighted by molar-refractivity contribution is 0.206. The van der Waals surface area contributed by atoms with E-state index in [1.54, 1.807) is 29.2 Å². The predicted octanol–water partition coefficient (Wildman–Crippen LogP) is 3.22. The molecule has 0 bridgehead atoms. The molecule has 144 valence electrons. The van der Waals surface area contributed by atoms with E-state index in [9.17, 15) is 13.2 Å². The molecule has 27 heavy (non-hydrogen) atoms. The fraction of sp³-hybridized carbons (Fsp3) is 0.350. The van der Waals surface area contributed by atoms with E-state index in [1.165, 1.54) is 11.8 Å². The quantitative estimate of drug-likeness (QED) is 0.853. The van der Waals surface area contributed by atoms with Gasteiger partial charge in [-0.2, -0.15) is 0 Å². The van der Waals surface area contributed by atoms with Crippen LogP contribution in [0.3, 0.4) is 0 Å². The lowest BCUT2D eigenvalue weighted by atomic mass is 10.00. The van der Waals surface area contributed by atoms with Gasteiger partial charge in [0.05, 0.1) is 12.4 Å². The monoisotopic (exact) mass is 388 g/mol. The highest BCUT2D eigenvalue weighted by molar-refractivity contribution is 7.89. The van der Waals surface area contributed by atoms with Crippen LogP contribution in [0, 0.1) is 0 Å². The summed E-state index contributed by atoms with van der Waals surface area (Å²) >= 11 is 0. The number of anilines is 1. The lowest BCUT2D eigenvalue weighted by Gasteiger charge is -2.29. The first-order valence-corrected chi connectivity index (χ1v) is 11.0. The highest BCUT2D eigenvalue weighted by atomic mass is 32.2. The van der Waals surface area contributed by atoms with E-state index in [1.807, 2.05) is 19.1 Å². The summed E-state index contributed by atoms with van der Waals surface area (Å²) in [7, 11) is -3.19. The largest absolute Gasteiger partial charge is 0.494 e. The highest BCUT2D eigenvalue weighted by Crippen LogP contribution is 2.25. The maximum absolute atomic E-state index is 12.7. The number of urea groups is 1. The number of hydrogen-bond acceptors (Lipinski definition) is 4. The molecule has 0 unspecified atom stereocenters. The lowest BCUT2D eigenvalue weighted by Crippen LogP contribution is -2.39. The molecule has 6 nitrogen and oxygen atoms in total. The SMILES string of the molecule is CCOc1ccc2c(c1)CN(C(=O)Nc1ccccc1CS(C)(=O)=O)CC2. The van der Waals surface area contributed by atoms with Crippen molar-refractivity contribution in [2.75, 3.05) is 24.7 Å². The van der Waals surface area contributed by atoms with Crippen LogP contribution in [0.5, 0.6) is 5.75 Å². The zero-order valence-electron chi connectivity index (χ0n) is 15.6. The molecule has 7 heteroatoms. The average Bonchev–Trinajstić information content (AvgIpc) is 2.62. The van der Waals surface area contributed by atoms with E-state index >= 15 is 0 Å². The Morgan fingerprint density at radius 1 is 1.19 bits per heavy atom. The molecule has 1 heterocycles. The molecule has 0 fully saturated rings. The molecule has 0 aromatic heterocycles. The minimum Gasteiger partial charge on any atom is -0.494 e. The summed E-state index contributed by atoms with van der Waals surface area (Å²) in [5, 5.41) is 2.86. The normalized spacial score (nSPS) is 13.8. The number of hydrogen-bond donors (Lipinski definition) is 1. The topological polar surface area (TPSA) is 75.7 Å². The van der Waals surface area contributed by atoms with E-state index in [2.05, 4.69) is 11.4 Å². The van der Waals surface area contributed by atoms with Crippen LogP contribution in [0.1, 0.15) is 23.6 Å². The minimum atomic E-state index is -3.19. The van der Waals surface area contributed by atoms with Crippen molar-refractivity contribution >= 4 is 21.6 Å². The van der Waals surface area contributed by atoms with E-state index in [0.717, 1.165) is 17.7 Å². The number of sulfone groups is 1.